The van der Waals surface area contributed by atoms with Gasteiger partial charge in [-0.1, -0.05) is 0 Å². The van der Waals surface area contributed by atoms with Crippen LogP contribution in [-0.2, 0) is 14.3 Å². The number of carbonyl (C=O) groups is 1. The molecule has 1 aliphatic carbocycles. The normalized spacial score (nSPS) is 15.4. The van der Waals surface area contributed by atoms with Gasteiger partial charge in [-0.05, 0) is 33.1 Å². The molecule has 0 aromatic carbocycles. The van der Waals surface area contributed by atoms with Gasteiger partial charge < -0.3 is 9.47 Å². The second kappa shape index (κ2) is 7.63. The predicted molar refractivity (Wildman–Crippen MR) is 62.3 cm³/mol. The summed E-state index contributed by atoms with van der Waals surface area (Å²) in [5.41, 5.74) is 0. The number of hydrogen-bond acceptors (Lipinski definition) is 4. The summed E-state index contributed by atoms with van der Waals surface area (Å²) in [6.45, 7) is 7.22. The second-order valence-electron chi connectivity index (χ2n) is 4.06. The molecule has 1 aliphatic rings. The molecule has 1 fully saturated rings. The maximum atomic E-state index is 11.4. The van der Waals surface area contributed by atoms with Gasteiger partial charge in [-0.15, -0.1) is 0 Å². The molecular weight excluding hydrogens is 206 g/mol. The first-order valence-corrected chi connectivity index (χ1v) is 6.25. The Kier molecular flexibility index (Phi) is 6.42. The number of rotatable bonds is 9. The van der Waals surface area contributed by atoms with Gasteiger partial charge in [0.05, 0.1) is 13.2 Å². The van der Waals surface area contributed by atoms with Crippen LogP contribution in [0.4, 0.5) is 0 Å². The van der Waals surface area contributed by atoms with Crippen LogP contribution in [0, 0.1) is 0 Å². The molecule has 4 heteroatoms. The van der Waals surface area contributed by atoms with Crippen molar-refractivity contribution < 1.29 is 14.3 Å². The molecule has 0 radical (unpaired) electrons. The molecule has 0 N–H and O–H groups in total. The summed E-state index contributed by atoms with van der Waals surface area (Å²) in [6.07, 6.45) is 3.42. The van der Waals surface area contributed by atoms with E-state index in [-0.39, 0.29) is 5.97 Å². The third-order valence-electron chi connectivity index (χ3n) is 2.64. The minimum atomic E-state index is -0.106. The Morgan fingerprint density at radius 2 is 2.06 bits per heavy atom. The van der Waals surface area contributed by atoms with E-state index >= 15 is 0 Å². The highest BCUT2D eigenvalue weighted by atomic mass is 16.5. The lowest BCUT2D eigenvalue weighted by Gasteiger charge is -2.20. The van der Waals surface area contributed by atoms with Crippen molar-refractivity contribution in [2.24, 2.45) is 0 Å². The number of carbonyl (C=O) groups excluding carboxylic acids is 1. The van der Waals surface area contributed by atoms with E-state index < -0.39 is 0 Å². The molecule has 16 heavy (non-hydrogen) atoms. The van der Waals surface area contributed by atoms with Gasteiger partial charge in [0.25, 0.3) is 0 Å². The molecule has 94 valence electrons. The highest BCUT2D eigenvalue weighted by Crippen LogP contribution is 2.26. The fourth-order valence-corrected chi connectivity index (χ4v) is 1.72. The second-order valence-corrected chi connectivity index (χ2v) is 4.06. The van der Waals surface area contributed by atoms with Crippen LogP contribution in [-0.4, -0.2) is 49.8 Å². The molecule has 0 amide bonds. The van der Waals surface area contributed by atoms with Crippen LogP contribution in [0.15, 0.2) is 0 Å². The molecule has 0 aromatic heterocycles. The smallest absolute Gasteiger partial charge is 0.320 e. The van der Waals surface area contributed by atoms with Crippen LogP contribution < -0.4 is 0 Å². The molecule has 0 unspecified atom stereocenters. The fraction of sp³-hybridized carbons (Fsp3) is 0.917. The van der Waals surface area contributed by atoms with Gasteiger partial charge in [0, 0.05) is 25.8 Å². The molecular formula is C12H23NO3. The summed E-state index contributed by atoms with van der Waals surface area (Å²) in [6, 6.07) is 0.603. The lowest BCUT2D eigenvalue weighted by molar-refractivity contribution is -0.144. The van der Waals surface area contributed by atoms with Gasteiger partial charge in [-0.3, -0.25) is 9.69 Å². The number of hydrogen-bond donors (Lipinski definition) is 0. The summed E-state index contributed by atoms with van der Waals surface area (Å²) in [4.78, 5) is 13.6. The summed E-state index contributed by atoms with van der Waals surface area (Å²) >= 11 is 0. The molecule has 0 aromatic rings. The Labute approximate surface area is 97.9 Å². The molecule has 0 atom stereocenters. The fourth-order valence-electron chi connectivity index (χ4n) is 1.72. The van der Waals surface area contributed by atoms with Crippen molar-refractivity contribution in [3.05, 3.63) is 0 Å². The quantitative estimate of drug-likeness (QED) is 0.443. The minimum absolute atomic E-state index is 0.106. The summed E-state index contributed by atoms with van der Waals surface area (Å²) < 4.78 is 10.3. The molecule has 0 heterocycles. The lowest BCUT2D eigenvalue weighted by Crippen LogP contribution is -2.34. The largest absolute Gasteiger partial charge is 0.465 e. The zero-order valence-corrected chi connectivity index (χ0v) is 10.4. The minimum Gasteiger partial charge on any atom is -0.465 e. The van der Waals surface area contributed by atoms with Gasteiger partial charge in [0.1, 0.15) is 0 Å². The van der Waals surface area contributed by atoms with E-state index in [0.29, 0.717) is 19.2 Å². The lowest BCUT2D eigenvalue weighted by atomic mass is 10.3. The van der Waals surface area contributed by atoms with Crippen LogP contribution in [0.1, 0.15) is 33.1 Å². The Hall–Kier alpha value is -0.610. The Bertz CT molecular complexity index is 204. The van der Waals surface area contributed by atoms with Crippen molar-refractivity contribution in [1.29, 1.82) is 0 Å². The maximum Gasteiger partial charge on any atom is 0.320 e. The van der Waals surface area contributed by atoms with Crippen LogP contribution in [0.2, 0.25) is 0 Å². The first-order chi connectivity index (χ1) is 7.77. The zero-order valence-electron chi connectivity index (χ0n) is 10.4. The van der Waals surface area contributed by atoms with Crippen molar-refractivity contribution >= 4 is 5.97 Å². The standard InChI is InChI=1S/C12H23NO3/c1-3-15-9-5-8-13(11-6-7-11)10-12(14)16-4-2/h11H,3-10H2,1-2H3. The molecule has 1 saturated carbocycles. The van der Waals surface area contributed by atoms with E-state index in [1.54, 1.807) is 0 Å². The van der Waals surface area contributed by atoms with Crippen molar-refractivity contribution in [2.75, 3.05) is 32.9 Å². The first-order valence-electron chi connectivity index (χ1n) is 6.25. The van der Waals surface area contributed by atoms with Crippen molar-refractivity contribution in [3.8, 4) is 0 Å². The SMILES string of the molecule is CCOCCCN(CC(=O)OCC)C1CC1. The number of ether oxygens (including phenoxy) is 2. The molecule has 1 rings (SSSR count). The van der Waals surface area contributed by atoms with Crippen LogP contribution in [0.5, 0.6) is 0 Å². The van der Waals surface area contributed by atoms with Gasteiger partial charge in [-0.25, -0.2) is 0 Å². The molecule has 0 aliphatic heterocycles. The molecule has 0 saturated heterocycles. The maximum absolute atomic E-state index is 11.4. The van der Waals surface area contributed by atoms with Gasteiger partial charge >= 0.3 is 5.97 Å². The average Bonchev–Trinajstić information content (AvgIpc) is 3.06. The third-order valence-corrected chi connectivity index (χ3v) is 2.64. The van der Waals surface area contributed by atoms with E-state index in [2.05, 4.69) is 4.90 Å². The highest BCUT2D eigenvalue weighted by Gasteiger charge is 2.30. The van der Waals surface area contributed by atoms with Crippen LogP contribution >= 0.6 is 0 Å². The monoisotopic (exact) mass is 229 g/mol. The Morgan fingerprint density at radius 3 is 2.62 bits per heavy atom. The zero-order chi connectivity index (χ0) is 11.8. The van der Waals surface area contributed by atoms with Crippen LogP contribution in [0.3, 0.4) is 0 Å². The van der Waals surface area contributed by atoms with Crippen molar-refractivity contribution in [1.82, 2.24) is 4.90 Å². The average molecular weight is 229 g/mol. The van der Waals surface area contributed by atoms with Crippen molar-refractivity contribution in [2.45, 2.75) is 39.2 Å². The van der Waals surface area contributed by atoms with Crippen LogP contribution in [0.25, 0.3) is 0 Å². The molecule has 0 bridgehead atoms. The topological polar surface area (TPSA) is 38.8 Å². The van der Waals surface area contributed by atoms with E-state index in [0.717, 1.165) is 26.2 Å². The van der Waals surface area contributed by atoms with Gasteiger partial charge in [0.2, 0.25) is 0 Å². The summed E-state index contributed by atoms with van der Waals surface area (Å²) in [7, 11) is 0. The first kappa shape index (κ1) is 13.5. The predicted octanol–water partition coefficient (Wildman–Crippen LogP) is 1.44. The number of esters is 1. The third kappa shape index (κ3) is 5.47. The summed E-state index contributed by atoms with van der Waals surface area (Å²) in [5, 5.41) is 0. The van der Waals surface area contributed by atoms with E-state index in [1.807, 2.05) is 13.8 Å². The number of nitrogens with zero attached hydrogens (tertiary/aromatic N) is 1. The van der Waals surface area contributed by atoms with E-state index in [1.165, 1.54) is 12.8 Å². The Balaban J connectivity index is 2.17. The van der Waals surface area contributed by atoms with E-state index in [4.69, 9.17) is 9.47 Å². The van der Waals surface area contributed by atoms with E-state index in [9.17, 15) is 4.79 Å². The van der Waals surface area contributed by atoms with Crippen molar-refractivity contribution in [3.63, 3.8) is 0 Å². The van der Waals surface area contributed by atoms with Gasteiger partial charge in [0.15, 0.2) is 0 Å². The molecule has 0 spiro atoms. The van der Waals surface area contributed by atoms with Gasteiger partial charge in [-0.2, -0.15) is 0 Å². The molecule has 4 nitrogen and oxygen atoms in total. The highest BCUT2D eigenvalue weighted by molar-refractivity contribution is 5.71. The Morgan fingerprint density at radius 1 is 1.31 bits per heavy atom. The summed E-state index contributed by atoms with van der Waals surface area (Å²) in [5.74, 6) is -0.106.